The molecule has 142 valence electrons. The summed E-state index contributed by atoms with van der Waals surface area (Å²) in [4.78, 5) is 51.2. The molecule has 1 fully saturated rings. The summed E-state index contributed by atoms with van der Waals surface area (Å²) >= 11 is 0. The van der Waals surface area contributed by atoms with Gasteiger partial charge in [-0.3, -0.25) is 14.4 Å². The van der Waals surface area contributed by atoms with Crippen molar-refractivity contribution < 1.29 is 23.9 Å². The minimum atomic E-state index is -0.870. The number of hydrogen-bond donors (Lipinski definition) is 2. The van der Waals surface area contributed by atoms with Gasteiger partial charge in [-0.25, -0.2) is 4.79 Å². The minimum Gasteiger partial charge on any atom is -0.465 e. The maximum atomic E-state index is 12.9. The third-order valence-corrected chi connectivity index (χ3v) is 4.59. The van der Waals surface area contributed by atoms with Crippen LogP contribution in [0.25, 0.3) is 0 Å². The first-order chi connectivity index (χ1) is 12.8. The summed E-state index contributed by atoms with van der Waals surface area (Å²) in [6, 6.07) is 4.77. The number of methoxy groups -OCH3 is 1. The van der Waals surface area contributed by atoms with Crippen molar-refractivity contribution in [3.05, 3.63) is 40.6 Å². The van der Waals surface area contributed by atoms with E-state index in [0.717, 1.165) is 18.2 Å². The first kappa shape index (κ1) is 18.6. The molecule has 27 heavy (non-hydrogen) atoms. The van der Waals surface area contributed by atoms with Gasteiger partial charge in [-0.1, -0.05) is 6.07 Å². The lowest BCUT2D eigenvalue weighted by Crippen LogP contribution is -2.57. The van der Waals surface area contributed by atoms with E-state index in [1.165, 1.54) is 4.90 Å². The van der Waals surface area contributed by atoms with Crippen LogP contribution in [0.5, 0.6) is 0 Å². The summed E-state index contributed by atoms with van der Waals surface area (Å²) in [6.45, 7) is 4.48. The molecule has 2 amide bonds. The fourth-order valence-corrected chi connectivity index (χ4v) is 3.52. The van der Waals surface area contributed by atoms with Crippen molar-refractivity contribution in [3.63, 3.8) is 0 Å². The monoisotopic (exact) mass is 371 g/mol. The zero-order valence-corrected chi connectivity index (χ0v) is 15.4. The summed E-state index contributed by atoms with van der Waals surface area (Å²) in [6.07, 6.45) is -0.197. The number of carbonyl (C=O) groups excluding carboxylic acids is 4. The van der Waals surface area contributed by atoms with Gasteiger partial charge in [0.15, 0.2) is 5.78 Å². The molecule has 1 aromatic carbocycles. The lowest BCUT2D eigenvalue weighted by Gasteiger charge is -2.40. The SMILES string of the molecule is COC(=O)C1=C2C(=O)NCCN2[C@H](C(=O)Nc2cc(C)cc(C)c2)CC1=O. The van der Waals surface area contributed by atoms with Crippen molar-refractivity contribution in [2.75, 3.05) is 25.5 Å². The highest BCUT2D eigenvalue weighted by Gasteiger charge is 2.44. The van der Waals surface area contributed by atoms with E-state index in [2.05, 4.69) is 15.4 Å². The maximum absolute atomic E-state index is 12.9. The Bertz CT molecular complexity index is 854. The largest absolute Gasteiger partial charge is 0.465 e. The van der Waals surface area contributed by atoms with E-state index in [-0.39, 0.29) is 17.7 Å². The number of ketones is 1. The summed E-state index contributed by atoms with van der Waals surface area (Å²) in [7, 11) is 1.15. The van der Waals surface area contributed by atoms with Gasteiger partial charge in [-0.15, -0.1) is 0 Å². The van der Waals surface area contributed by atoms with Crippen molar-refractivity contribution in [3.8, 4) is 0 Å². The molecule has 1 saturated heterocycles. The summed E-state index contributed by atoms with van der Waals surface area (Å²) in [5.41, 5.74) is 2.22. The van der Waals surface area contributed by atoms with Gasteiger partial charge in [0.2, 0.25) is 5.91 Å². The number of esters is 1. The van der Waals surface area contributed by atoms with Crippen molar-refractivity contribution >= 4 is 29.3 Å². The highest BCUT2D eigenvalue weighted by atomic mass is 16.5. The Labute approximate surface area is 156 Å². The second kappa shape index (κ2) is 7.22. The topological polar surface area (TPSA) is 105 Å². The van der Waals surface area contributed by atoms with E-state index in [9.17, 15) is 19.2 Å². The smallest absolute Gasteiger partial charge is 0.343 e. The molecule has 8 heteroatoms. The van der Waals surface area contributed by atoms with E-state index >= 15 is 0 Å². The van der Waals surface area contributed by atoms with Gasteiger partial charge in [-0.2, -0.15) is 0 Å². The number of carbonyl (C=O) groups is 4. The average molecular weight is 371 g/mol. The predicted octanol–water partition coefficient (Wildman–Crippen LogP) is 0.442. The molecule has 1 aromatic rings. The Hall–Kier alpha value is -3.16. The molecule has 2 aliphatic heterocycles. The van der Waals surface area contributed by atoms with E-state index in [1.807, 2.05) is 32.0 Å². The number of Topliss-reactive ketones (excluding diaryl/α,β-unsaturated/α-hetero) is 1. The van der Waals surface area contributed by atoms with E-state index in [4.69, 9.17) is 0 Å². The molecule has 3 rings (SSSR count). The lowest BCUT2D eigenvalue weighted by atomic mass is 9.92. The molecule has 0 unspecified atom stereocenters. The van der Waals surface area contributed by atoms with Crippen LogP contribution in [0.3, 0.4) is 0 Å². The third kappa shape index (κ3) is 3.55. The van der Waals surface area contributed by atoms with Gasteiger partial charge in [0.25, 0.3) is 5.91 Å². The van der Waals surface area contributed by atoms with Gasteiger partial charge in [0.1, 0.15) is 17.3 Å². The summed E-state index contributed by atoms with van der Waals surface area (Å²) in [5.74, 6) is -2.40. The molecule has 1 atom stereocenters. The number of piperazine rings is 1. The van der Waals surface area contributed by atoms with E-state index < -0.39 is 29.6 Å². The van der Waals surface area contributed by atoms with Crippen molar-refractivity contribution in [2.24, 2.45) is 0 Å². The number of fused-ring (bicyclic) bond motifs is 1. The molecular formula is C19H21N3O5. The molecule has 0 bridgehead atoms. The van der Waals surface area contributed by atoms with E-state index in [1.54, 1.807) is 0 Å². The molecule has 0 radical (unpaired) electrons. The van der Waals surface area contributed by atoms with Crippen molar-refractivity contribution in [1.29, 1.82) is 0 Å². The number of anilines is 1. The standard InChI is InChI=1S/C19H21N3O5/c1-10-6-11(2)8-12(7-10)21-17(24)13-9-14(23)15(19(26)27-3)16-18(25)20-4-5-22(13)16/h6-8,13H,4-5,9H2,1-3H3,(H,20,25)(H,21,24)/t13-/m0/s1. The van der Waals surface area contributed by atoms with Crippen LogP contribution < -0.4 is 10.6 Å². The van der Waals surface area contributed by atoms with Crippen LogP contribution >= 0.6 is 0 Å². The van der Waals surface area contributed by atoms with Crippen LogP contribution in [0.15, 0.2) is 29.5 Å². The number of rotatable bonds is 3. The molecule has 2 N–H and O–H groups in total. The molecule has 2 heterocycles. The number of ether oxygens (including phenoxy) is 1. The van der Waals surface area contributed by atoms with Crippen molar-refractivity contribution in [2.45, 2.75) is 26.3 Å². The van der Waals surface area contributed by atoms with Crippen LogP contribution in [-0.2, 0) is 23.9 Å². The second-order valence-corrected chi connectivity index (χ2v) is 6.67. The Balaban J connectivity index is 1.94. The number of nitrogens with one attached hydrogen (secondary N) is 2. The predicted molar refractivity (Wildman–Crippen MR) is 96.7 cm³/mol. The first-order valence-corrected chi connectivity index (χ1v) is 8.61. The molecule has 0 aromatic heterocycles. The first-order valence-electron chi connectivity index (χ1n) is 8.61. The fraction of sp³-hybridized carbons (Fsp3) is 0.368. The molecule has 0 saturated carbocycles. The van der Waals surface area contributed by atoms with E-state index in [0.29, 0.717) is 18.8 Å². The van der Waals surface area contributed by atoms with Gasteiger partial charge >= 0.3 is 5.97 Å². The van der Waals surface area contributed by atoms with Gasteiger partial charge in [0, 0.05) is 25.2 Å². The number of nitrogens with zero attached hydrogens (tertiary/aromatic N) is 1. The Morgan fingerprint density at radius 2 is 1.85 bits per heavy atom. The zero-order valence-electron chi connectivity index (χ0n) is 15.4. The number of amides is 2. The fourth-order valence-electron chi connectivity index (χ4n) is 3.52. The van der Waals surface area contributed by atoms with Gasteiger partial charge < -0.3 is 20.3 Å². The zero-order chi connectivity index (χ0) is 19.7. The molecule has 2 aliphatic rings. The average Bonchev–Trinajstić information content (AvgIpc) is 2.60. The normalized spacial score (nSPS) is 19.4. The third-order valence-electron chi connectivity index (χ3n) is 4.59. The van der Waals surface area contributed by atoms with Crippen LogP contribution in [0.2, 0.25) is 0 Å². The minimum absolute atomic E-state index is 0.0927. The summed E-state index contributed by atoms with van der Waals surface area (Å²) in [5, 5.41) is 5.42. The molecule has 0 spiro atoms. The molecule has 8 nitrogen and oxygen atoms in total. The van der Waals surface area contributed by atoms with Crippen LogP contribution in [0.1, 0.15) is 17.5 Å². The number of hydrogen-bond acceptors (Lipinski definition) is 6. The lowest BCUT2D eigenvalue weighted by molar-refractivity contribution is -0.141. The van der Waals surface area contributed by atoms with Gasteiger partial charge in [-0.05, 0) is 37.1 Å². The highest BCUT2D eigenvalue weighted by Crippen LogP contribution is 2.28. The Morgan fingerprint density at radius 1 is 1.19 bits per heavy atom. The summed E-state index contributed by atoms with van der Waals surface area (Å²) < 4.78 is 4.65. The number of benzene rings is 1. The molecular weight excluding hydrogens is 350 g/mol. The second-order valence-electron chi connectivity index (χ2n) is 6.67. The van der Waals surface area contributed by atoms with Crippen molar-refractivity contribution in [1.82, 2.24) is 10.2 Å². The highest BCUT2D eigenvalue weighted by molar-refractivity contribution is 6.24. The van der Waals surface area contributed by atoms with Crippen LogP contribution in [0, 0.1) is 13.8 Å². The quantitative estimate of drug-likeness (QED) is 0.590. The van der Waals surface area contributed by atoms with Crippen LogP contribution in [-0.4, -0.2) is 54.7 Å². The Morgan fingerprint density at radius 3 is 2.48 bits per heavy atom. The van der Waals surface area contributed by atoms with Gasteiger partial charge in [0.05, 0.1) is 7.11 Å². The molecule has 0 aliphatic carbocycles. The maximum Gasteiger partial charge on any atom is 0.343 e. The Kier molecular flexibility index (Phi) is 4.98. The van der Waals surface area contributed by atoms with Crippen LogP contribution in [0.4, 0.5) is 5.69 Å². The number of aryl methyl sites for hydroxylation is 2.